The SMILES string of the molecule is COc1ccc(CO[C@H]2/C=C\C=C\C[C@@H](O)C[C@@H]3CC(=O)C([Se]c4ccccc4)(C/C=C/C[C@H]2C)C(=O)O3)cc1. The number of hydrogen-bond donors (Lipinski definition) is 1. The Morgan fingerprint density at radius 1 is 1.00 bits per heavy atom. The van der Waals surface area contributed by atoms with Crippen molar-refractivity contribution >= 4 is 31.2 Å². The molecule has 0 spiro atoms. The average molecular weight is 610 g/mol. The van der Waals surface area contributed by atoms with E-state index in [0.29, 0.717) is 19.4 Å². The molecule has 1 saturated heterocycles. The second-order valence-corrected chi connectivity index (χ2v) is 13.2. The number of rotatable bonds is 6. The summed E-state index contributed by atoms with van der Waals surface area (Å²) >= 11 is -0.430. The number of allylic oxidation sites excluding steroid dienone is 4. The van der Waals surface area contributed by atoms with Crippen molar-refractivity contribution in [3.8, 4) is 5.75 Å². The van der Waals surface area contributed by atoms with Crippen molar-refractivity contribution in [2.24, 2.45) is 5.92 Å². The maximum atomic E-state index is 13.6. The van der Waals surface area contributed by atoms with Gasteiger partial charge >= 0.3 is 226 Å². The molecule has 1 N–H and O–H groups in total. The minimum absolute atomic E-state index is 0.0928. The minimum atomic E-state index is -1.20. The third-order valence-electron chi connectivity index (χ3n) is 7.24. The van der Waals surface area contributed by atoms with E-state index in [0.717, 1.165) is 22.2 Å². The van der Waals surface area contributed by atoms with Crippen molar-refractivity contribution in [1.29, 1.82) is 0 Å². The summed E-state index contributed by atoms with van der Waals surface area (Å²) in [5.41, 5.74) is 1.05. The molecule has 2 aliphatic heterocycles. The van der Waals surface area contributed by atoms with E-state index in [1.54, 1.807) is 7.11 Å². The Morgan fingerprint density at radius 3 is 2.50 bits per heavy atom. The van der Waals surface area contributed by atoms with Gasteiger partial charge in [0.2, 0.25) is 0 Å². The summed E-state index contributed by atoms with van der Waals surface area (Å²) in [7, 11) is 1.65. The number of aliphatic hydroxyl groups excluding tert-OH is 1. The molecular weight excluding hydrogens is 571 g/mol. The van der Waals surface area contributed by atoms with E-state index < -0.39 is 37.4 Å². The molecule has 1 fully saturated rings. The fourth-order valence-corrected chi connectivity index (χ4v) is 7.36. The van der Waals surface area contributed by atoms with Crippen LogP contribution in [0, 0.1) is 5.92 Å². The van der Waals surface area contributed by atoms with Gasteiger partial charge in [-0.15, -0.1) is 0 Å². The van der Waals surface area contributed by atoms with Gasteiger partial charge in [0.1, 0.15) is 5.75 Å². The Balaban J connectivity index is 1.54. The molecule has 7 heteroatoms. The molecule has 212 valence electrons. The van der Waals surface area contributed by atoms with E-state index in [1.807, 2.05) is 85.0 Å². The predicted molar refractivity (Wildman–Crippen MR) is 157 cm³/mol. The topological polar surface area (TPSA) is 82.1 Å². The van der Waals surface area contributed by atoms with Gasteiger partial charge in [-0.1, -0.05) is 0 Å². The Kier molecular flexibility index (Phi) is 11.0. The quantitative estimate of drug-likeness (QED) is 0.217. The number of benzene rings is 2. The van der Waals surface area contributed by atoms with Gasteiger partial charge in [0.25, 0.3) is 0 Å². The number of esters is 1. The van der Waals surface area contributed by atoms with Crippen LogP contribution in [-0.4, -0.2) is 57.2 Å². The first-order valence-corrected chi connectivity index (χ1v) is 15.5. The molecule has 2 aromatic carbocycles. The molecule has 1 aliphatic carbocycles. The first-order chi connectivity index (χ1) is 19.4. The van der Waals surface area contributed by atoms with E-state index >= 15 is 0 Å². The molecule has 2 heterocycles. The Bertz CT molecular complexity index is 1190. The zero-order valence-electron chi connectivity index (χ0n) is 23.1. The maximum absolute atomic E-state index is 13.6. The first kappa shape index (κ1) is 30.0. The predicted octanol–water partition coefficient (Wildman–Crippen LogP) is 4.89. The van der Waals surface area contributed by atoms with Crippen LogP contribution >= 0.6 is 0 Å². The van der Waals surface area contributed by atoms with Crippen molar-refractivity contribution in [3.63, 3.8) is 0 Å². The van der Waals surface area contributed by atoms with Crippen molar-refractivity contribution in [1.82, 2.24) is 0 Å². The van der Waals surface area contributed by atoms with Gasteiger partial charge < -0.3 is 4.74 Å². The molecule has 2 bridgehead atoms. The summed E-state index contributed by atoms with van der Waals surface area (Å²) in [6, 6.07) is 17.5. The van der Waals surface area contributed by atoms with Gasteiger partial charge in [0, 0.05) is 0 Å². The number of fused-ring (bicyclic) bond motifs is 11. The van der Waals surface area contributed by atoms with Crippen LogP contribution in [0.25, 0.3) is 0 Å². The van der Waals surface area contributed by atoms with Gasteiger partial charge in [0.15, 0.2) is 0 Å². The summed E-state index contributed by atoms with van der Waals surface area (Å²) in [5, 5.41) is 10.6. The number of carbonyl (C=O) groups is 2. The van der Waals surface area contributed by atoms with E-state index in [4.69, 9.17) is 14.2 Å². The average Bonchev–Trinajstić information content (AvgIpc) is 2.95. The van der Waals surface area contributed by atoms with Crippen LogP contribution < -0.4 is 9.20 Å². The van der Waals surface area contributed by atoms with Crippen LogP contribution in [-0.2, 0) is 25.7 Å². The monoisotopic (exact) mass is 610 g/mol. The molecule has 6 nitrogen and oxygen atoms in total. The van der Waals surface area contributed by atoms with Crippen molar-refractivity contribution < 1.29 is 28.9 Å². The second-order valence-electron chi connectivity index (χ2n) is 10.3. The molecule has 0 amide bonds. The third kappa shape index (κ3) is 8.04. The number of carbonyl (C=O) groups excluding carboxylic acids is 2. The Morgan fingerprint density at radius 2 is 1.77 bits per heavy atom. The van der Waals surface area contributed by atoms with Crippen LogP contribution in [0.5, 0.6) is 5.75 Å². The number of Topliss-reactive ketones (excluding diaryl/α,β-unsaturated/α-hetero) is 1. The number of ketones is 1. The van der Waals surface area contributed by atoms with Crippen LogP contribution in [0.2, 0.25) is 4.31 Å². The number of hydrogen-bond acceptors (Lipinski definition) is 6. The van der Waals surface area contributed by atoms with Crippen LogP contribution in [0.1, 0.15) is 44.6 Å². The van der Waals surface area contributed by atoms with Gasteiger partial charge in [0.05, 0.1) is 7.11 Å². The van der Waals surface area contributed by atoms with Crippen molar-refractivity contribution in [2.75, 3.05) is 7.11 Å². The zero-order chi connectivity index (χ0) is 28.4. The van der Waals surface area contributed by atoms with Gasteiger partial charge in [-0.25, -0.2) is 0 Å². The summed E-state index contributed by atoms with van der Waals surface area (Å²) in [4.78, 5) is 27.0. The molecule has 3 aliphatic rings. The third-order valence-corrected chi connectivity index (χ3v) is 10.2. The fourth-order valence-electron chi connectivity index (χ4n) is 4.84. The van der Waals surface area contributed by atoms with Gasteiger partial charge in [-0.3, -0.25) is 0 Å². The number of ether oxygens (including phenoxy) is 3. The fraction of sp³-hybridized carbons (Fsp3) is 0.394. The normalized spacial score (nSPS) is 30.2. The number of aliphatic hydroxyl groups is 1. The van der Waals surface area contributed by atoms with Crippen molar-refractivity contribution in [2.45, 2.75) is 68.3 Å². The first-order valence-electron chi connectivity index (χ1n) is 13.8. The van der Waals surface area contributed by atoms with Crippen LogP contribution in [0.4, 0.5) is 0 Å². The second kappa shape index (κ2) is 14.6. The molecule has 5 atom stereocenters. The van der Waals surface area contributed by atoms with E-state index in [2.05, 4.69) is 13.0 Å². The molecule has 0 saturated carbocycles. The standard InChI is InChI=1S/C33H38O6Se/c1-24-11-9-10-20-33(40-29-13-6-4-7-14-29)31(35)22-28(39-32(33)36)21-26(34)12-5-3-8-15-30(24)38-23-25-16-18-27(37-2)19-17-25/h3-10,13-19,24,26,28,30,34H,11-12,20-23H2,1-2H3/b5-3+,10-9+,15-8-/t24-,26-,28-,30+,33?/m1/s1. The van der Waals surface area contributed by atoms with E-state index in [1.165, 1.54) is 0 Å². The Labute approximate surface area is 243 Å². The summed E-state index contributed by atoms with van der Waals surface area (Å²) in [6.45, 7) is 2.59. The van der Waals surface area contributed by atoms with Gasteiger partial charge in [-0.2, -0.15) is 0 Å². The van der Waals surface area contributed by atoms with Crippen LogP contribution in [0.15, 0.2) is 91.1 Å². The molecule has 2 aromatic rings. The van der Waals surface area contributed by atoms with Crippen LogP contribution in [0.3, 0.4) is 0 Å². The van der Waals surface area contributed by atoms with E-state index in [-0.39, 0.29) is 30.6 Å². The van der Waals surface area contributed by atoms with E-state index in [9.17, 15) is 14.7 Å². The summed E-state index contributed by atoms with van der Waals surface area (Å²) in [5.74, 6) is 0.390. The summed E-state index contributed by atoms with van der Waals surface area (Å²) < 4.78 is 17.2. The van der Waals surface area contributed by atoms with Crippen molar-refractivity contribution in [3.05, 3.63) is 96.6 Å². The Hall–Kier alpha value is -2.96. The molecule has 40 heavy (non-hydrogen) atoms. The zero-order valence-corrected chi connectivity index (χ0v) is 24.8. The molecule has 1 unspecified atom stereocenters. The molecule has 0 radical (unpaired) electrons. The summed E-state index contributed by atoms with van der Waals surface area (Å²) in [6.07, 6.45) is 12.1. The molecule has 5 rings (SSSR count). The molecular formula is C33H38O6Se. The molecule has 0 aromatic heterocycles. The number of methoxy groups -OCH3 is 1. The van der Waals surface area contributed by atoms with Gasteiger partial charge in [-0.05, 0) is 0 Å².